The van der Waals surface area contributed by atoms with Gasteiger partial charge in [0.2, 0.25) is 0 Å². The summed E-state index contributed by atoms with van der Waals surface area (Å²) < 4.78 is 5.55. The normalized spacial score (nSPS) is 19.4. The van der Waals surface area contributed by atoms with Crippen molar-refractivity contribution in [3.05, 3.63) is 59.7 Å². The molecular formula is C25H35N3O. The molecular weight excluding hydrogens is 358 g/mol. The van der Waals surface area contributed by atoms with Crippen LogP contribution in [0.3, 0.4) is 0 Å². The van der Waals surface area contributed by atoms with Gasteiger partial charge in [-0.25, -0.2) is 0 Å². The largest absolute Gasteiger partial charge is 0.495 e. The topological polar surface area (TPSA) is 19.0 Å². The lowest BCUT2D eigenvalue weighted by Crippen LogP contribution is -2.53. The molecule has 0 amide bonds. The zero-order valence-corrected chi connectivity index (χ0v) is 18.0. The van der Waals surface area contributed by atoms with Gasteiger partial charge in [0.25, 0.3) is 0 Å². The second-order valence-electron chi connectivity index (χ2n) is 8.37. The summed E-state index contributed by atoms with van der Waals surface area (Å²) in [4.78, 5) is 7.83. The van der Waals surface area contributed by atoms with E-state index in [2.05, 4.69) is 64.1 Å². The number of rotatable bonds is 6. The molecule has 2 saturated heterocycles. The van der Waals surface area contributed by atoms with E-state index in [1.807, 2.05) is 6.07 Å². The highest BCUT2D eigenvalue weighted by Crippen LogP contribution is 2.29. The van der Waals surface area contributed by atoms with Crippen LogP contribution in [0.25, 0.3) is 0 Å². The van der Waals surface area contributed by atoms with Gasteiger partial charge in [-0.2, -0.15) is 0 Å². The molecule has 0 atom stereocenters. The van der Waals surface area contributed by atoms with E-state index in [4.69, 9.17) is 4.74 Å². The minimum Gasteiger partial charge on any atom is -0.495 e. The van der Waals surface area contributed by atoms with Crippen molar-refractivity contribution in [1.29, 1.82) is 0 Å². The van der Waals surface area contributed by atoms with Gasteiger partial charge in [-0.1, -0.05) is 43.3 Å². The Kier molecular flexibility index (Phi) is 6.73. The minimum atomic E-state index is 0.744. The smallest absolute Gasteiger partial charge is 0.142 e. The van der Waals surface area contributed by atoms with Crippen molar-refractivity contribution in [2.45, 2.75) is 38.8 Å². The first kappa shape index (κ1) is 20.2. The first-order valence-corrected chi connectivity index (χ1v) is 11.2. The van der Waals surface area contributed by atoms with Crippen molar-refractivity contribution in [3.8, 4) is 5.75 Å². The van der Waals surface area contributed by atoms with Crippen LogP contribution < -0.4 is 9.64 Å². The van der Waals surface area contributed by atoms with E-state index in [9.17, 15) is 0 Å². The molecule has 4 nitrogen and oxygen atoms in total. The predicted octanol–water partition coefficient (Wildman–Crippen LogP) is 4.04. The Balaban J connectivity index is 1.24. The lowest BCUT2D eigenvalue weighted by Gasteiger charge is -2.43. The molecule has 2 aliphatic rings. The number of hydrogen-bond acceptors (Lipinski definition) is 4. The van der Waals surface area contributed by atoms with E-state index in [1.165, 1.54) is 42.7 Å². The van der Waals surface area contributed by atoms with Gasteiger partial charge in [0, 0.05) is 38.8 Å². The first-order valence-electron chi connectivity index (χ1n) is 11.2. The maximum Gasteiger partial charge on any atom is 0.142 e. The van der Waals surface area contributed by atoms with Crippen LogP contribution in [0.15, 0.2) is 48.5 Å². The lowest BCUT2D eigenvalue weighted by molar-refractivity contribution is 0.0997. The Morgan fingerprint density at radius 1 is 0.828 bits per heavy atom. The predicted molar refractivity (Wildman–Crippen MR) is 121 cm³/mol. The van der Waals surface area contributed by atoms with Crippen LogP contribution in [-0.2, 0) is 13.0 Å². The number of methoxy groups -OCH3 is 1. The zero-order chi connectivity index (χ0) is 20.1. The standard InChI is InChI=1S/C25H35N3O/c1-3-21-8-10-22(11-9-21)20-26-14-12-23(13-15-26)27-16-18-28(19-17-27)24-6-4-5-7-25(24)29-2/h4-11,23H,3,12-20H2,1-2H3. The van der Waals surface area contributed by atoms with Gasteiger partial charge in [0.15, 0.2) is 0 Å². The van der Waals surface area contributed by atoms with Crippen molar-refractivity contribution in [2.75, 3.05) is 51.3 Å². The van der Waals surface area contributed by atoms with Crippen LogP contribution in [0, 0.1) is 0 Å². The molecule has 0 aliphatic carbocycles. The van der Waals surface area contributed by atoms with E-state index in [0.29, 0.717) is 0 Å². The Morgan fingerprint density at radius 3 is 2.14 bits per heavy atom. The van der Waals surface area contributed by atoms with Gasteiger partial charge in [0.05, 0.1) is 12.8 Å². The van der Waals surface area contributed by atoms with Crippen LogP contribution in [0.1, 0.15) is 30.9 Å². The number of hydrogen-bond donors (Lipinski definition) is 0. The number of aryl methyl sites for hydroxylation is 1. The quantitative estimate of drug-likeness (QED) is 0.737. The fourth-order valence-electron chi connectivity index (χ4n) is 4.80. The molecule has 0 bridgehead atoms. The summed E-state index contributed by atoms with van der Waals surface area (Å²) in [6, 6.07) is 18.3. The highest BCUT2D eigenvalue weighted by molar-refractivity contribution is 5.58. The van der Waals surface area contributed by atoms with E-state index in [-0.39, 0.29) is 0 Å². The maximum atomic E-state index is 5.55. The van der Waals surface area contributed by atoms with E-state index in [1.54, 1.807) is 7.11 Å². The third kappa shape index (κ3) is 4.93. The molecule has 0 aromatic heterocycles. The summed E-state index contributed by atoms with van der Waals surface area (Å²) in [7, 11) is 1.76. The molecule has 2 heterocycles. The number of benzene rings is 2. The third-order valence-corrected chi connectivity index (χ3v) is 6.65. The second kappa shape index (κ2) is 9.64. The molecule has 0 radical (unpaired) electrons. The Bertz CT molecular complexity index is 760. The fraction of sp³-hybridized carbons (Fsp3) is 0.520. The number of anilines is 1. The number of ether oxygens (including phenoxy) is 1. The van der Waals surface area contributed by atoms with Crippen molar-refractivity contribution in [1.82, 2.24) is 9.80 Å². The zero-order valence-electron chi connectivity index (χ0n) is 18.0. The maximum absolute atomic E-state index is 5.55. The molecule has 4 heteroatoms. The van der Waals surface area contributed by atoms with Crippen LogP contribution in [0.5, 0.6) is 5.75 Å². The van der Waals surface area contributed by atoms with Crippen LogP contribution in [-0.4, -0.2) is 62.2 Å². The molecule has 2 aromatic carbocycles. The summed E-state index contributed by atoms with van der Waals surface area (Å²) in [5, 5.41) is 0. The fourth-order valence-corrected chi connectivity index (χ4v) is 4.80. The average molecular weight is 394 g/mol. The minimum absolute atomic E-state index is 0.744. The molecule has 0 unspecified atom stereocenters. The molecule has 2 aromatic rings. The molecule has 4 rings (SSSR count). The number of piperidine rings is 1. The molecule has 29 heavy (non-hydrogen) atoms. The third-order valence-electron chi connectivity index (χ3n) is 6.65. The number of piperazine rings is 1. The van der Waals surface area contributed by atoms with Crippen LogP contribution in [0.4, 0.5) is 5.69 Å². The summed E-state index contributed by atoms with van der Waals surface area (Å²) in [5.74, 6) is 0.987. The second-order valence-corrected chi connectivity index (χ2v) is 8.37. The van der Waals surface area contributed by atoms with Gasteiger partial charge >= 0.3 is 0 Å². The van der Waals surface area contributed by atoms with Gasteiger partial charge < -0.3 is 9.64 Å². The molecule has 0 saturated carbocycles. The summed E-state index contributed by atoms with van der Waals surface area (Å²) >= 11 is 0. The van der Waals surface area contributed by atoms with Crippen molar-refractivity contribution < 1.29 is 4.74 Å². The Morgan fingerprint density at radius 2 is 1.48 bits per heavy atom. The van der Waals surface area contributed by atoms with E-state index in [0.717, 1.165) is 50.9 Å². The van der Waals surface area contributed by atoms with Crippen molar-refractivity contribution in [3.63, 3.8) is 0 Å². The van der Waals surface area contributed by atoms with Crippen LogP contribution >= 0.6 is 0 Å². The van der Waals surface area contributed by atoms with E-state index < -0.39 is 0 Å². The number of likely N-dealkylation sites (tertiary alicyclic amines) is 1. The van der Waals surface area contributed by atoms with Gasteiger partial charge in [-0.05, 0) is 55.6 Å². The SMILES string of the molecule is CCc1ccc(CN2CCC(N3CCN(c4ccccc4OC)CC3)CC2)cc1. The van der Waals surface area contributed by atoms with Gasteiger partial charge in [0.1, 0.15) is 5.75 Å². The lowest BCUT2D eigenvalue weighted by atomic mass is 10.0. The molecule has 2 aliphatic heterocycles. The summed E-state index contributed by atoms with van der Waals surface area (Å²) in [6.07, 6.45) is 3.71. The molecule has 0 spiro atoms. The Hall–Kier alpha value is -2.04. The van der Waals surface area contributed by atoms with Crippen molar-refractivity contribution in [2.24, 2.45) is 0 Å². The number of nitrogens with zero attached hydrogens (tertiary/aromatic N) is 3. The van der Waals surface area contributed by atoms with E-state index >= 15 is 0 Å². The highest BCUT2D eigenvalue weighted by Gasteiger charge is 2.28. The number of para-hydroxylation sites is 2. The summed E-state index contributed by atoms with van der Waals surface area (Å²) in [5.41, 5.74) is 4.12. The molecule has 156 valence electrons. The highest BCUT2D eigenvalue weighted by atomic mass is 16.5. The van der Waals surface area contributed by atoms with Gasteiger partial charge in [-0.15, -0.1) is 0 Å². The molecule has 2 fully saturated rings. The van der Waals surface area contributed by atoms with Crippen LogP contribution in [0.2, 0.25) is 0 Å². The average Bonchev–Trinajstić information content (AvgIpc) is 2.80. The summed E-state index contributed by atoms with van der Waals surface area (Å²) in [6.45, 7) is 10.2. The Labute approximate surface area is 176 Å². The first-order chi connectivity index (χ1) is 14.3. The monoisotopic (exact) mass is 393 g/mol. The molecule has 0 N–H and O–H groups in total. The van der Waals surface area contributed by atoms with Gasteiger partial charge in [-0.3, -0.25) is 9.80 Å². The van der Waals surface area contributed by atoms with Crippen molar-refractivity contribution >= 4 is 5.69 Å².